The van der Waals surface area contributed by atoms with Crippen LogP contribution in [0.2, 0.25) is 0 Å². The molecule has 6 nitrogen and oxygen atoms in total. The highest BCUT2D eigenvalue weighted by molar-refractivity contribution is 6.35. The first-order chi connectivity index (χ1) is 10.2. The van der Waals surface area contributed by atoms with Gasteiger partial charge < -0.3 is 15.5 Å². The third-order valence-corrected chi connectivity index (χ3v) is 4.65. The van der Waals surface area contributed by atoms with Gasteiger partial charge in [-0.2, -0.15) is 0 Å². The average molecular weight is 296 g/mol. The molecule has 2 saturated heterocycles. The van der Waals surface area contributed by atoms with Crippen molar-refractivity contribution in [3.05, 3.63) is 0 Å². The lowest BCUT2D eigenvalue weighted by Gasteiger charge is -2.38. The Balaban J connectivity index is 1.89. The summed E-state index contributed by atoms with van der Waals surface area (Å²) in [5.41, 5.74) is 5.55. The van der Waals surface area contributed by atoms with Gasteiger partial charge in [-0.1, -0.05) is 6.92 Å². The molecule has 21 heavy (non-hydrogen) atoms. The molecular formula is C15H28N4O2. The predicted molar refractivity (Wildman–Crippen MR) is 81.7 cm³/mol. The lowest BCUT2D eigenvalue weighted by atomic mass is 10.00. The lowest BCUT2D eigenvalue weighted by molar-refractivity contribution is -0.155. The molecule has 0 aromatic carbocycles. The second-order valence-corrected chi connectivity index (χ2v) is 5.98. The Hall–Kier alpha value is -1.14. The van der Waals surface area contributed by atoms with Gasteiger partial charge in [-0.25, -0.2) is 0 Å². The van der Waals surface area contributed by atoms with Crippen molar-refractivity contribution in [2.75, 3.05) is 45.8 Å². The first kappa shape index (κ1) is 16.2. The summed E-state index contributed by atoms with van der Waals surface area (Å²) in [5, 5.41) is 0. The van der Waals surface area contributed by atoms with E-state index >= 15 is 0 Å². The number of carbonyl (C=O) groups excluding carboxylic acids is 2. The van der Waals surface area contributed by atoms with Crippen LogP contribution in [0.25, 0.3) is 0 Å². The molecule has 0 aromatic heterocycles. The van der Waals surface area contributed by atoms with Crippen LogP contribution in [0.15, 0.2) is 0 Å². The third kappa shape index (κ3) is 3.95. The second kappa shape index (κ2) is 7.75. The number of piperidine rings is 1. The molecule has 120 valence electrons. The monoisotopic (exact) mass is 296 g/mol. The Morgan fingerprint density at radius 3 is 2.38 bits per heavy atom. The number of hydrogen-bond donors (Lipinski definition) is 1. The molecule has 0 aliphatic carbocycles. The second-order valence-electron chi connectivity index (χ2n) is 5.98. The molecule has 2 N–H and O–H groups in total. The quantitative estimate of drug-likeness (QED) is 0.737. The largest absolute Gasteiger partial charge is 0.332 e. The molecule has 1 atom stereocenters. The fourth-order valence-electron chi connectivity index (χ4n) is 3.31. The van der Waals surface area contributed by atoms with Crippen molar-refractivity contribution in [1.29, 1.82) is 0 Å². The van der Waals surface area contributed by atoms with Crippen molar-refractivity contribution < 1.29 is 9.59 Å². The van der Waals surface area contributed by atoms with E-state index in [1.54, 1.807) is 9.80 Å². The topological polar surface area (TPSA) is 69.9 Å². The summed E-state index contributed by atoms with van der Waals surface area (Å²) in [6.07, 6.45) is 4.14. The maximum absolute atomic E-state index is 12.5. The molecule has 6 heteroatoms. The summed E-state index contributed by atoms with van der Waals surface area (Å²) in [6.45, 7) is 7.21. The van der Waals surface area contributed by atoms with Crippen LogP contribution in [0.3, 0.4) is 0 Å². The zero-order valence-corrected chi connectivity index (χ0v) is 13.1. The van der Waals surface area contributed by atoms with E-state index in [2.05, 4.69) is 11.8 Å². The highest BCUT2D eigenvalue weighted by Gasteiger charge is 2.33. The highest BCUT2D eigenvalue weighted by atomic mass is 16.2. The van der Waals surface area contributed by atoms with Crippen LogP contribution < -0.4 is 5.73 Å². The molecule has 2 rings (SSSR count). The molecule has 2 heterocycles. The molecule has 0 bridgehead atoms. The van der Waals surface area contributed by atoms with E-state index in [4.69, 9.17) is 5.73 Å². The van der Waals surface area contributed by atoms with E-state index < -0.39 is 0 Å². The fourth-order valence-corrected chi connectivity index (χ4v) is 3.31. The SMILES string of the molecule is CCC1CCCCN1C(=O)C(=O)N1CCN(CCN)CC1. The number of likely N-dealkylation sites (tertiary alicyclic amines) is 1. The van der Waals surface area contributed by atoms with Gasteiger partial charge in [-0.3, -0.25) is 14.5 Å². The molecule has 2 fully saturated rings. The fraction of sp³-hybridized carbons (Fsp3) is 0.867. The van der Waals surface area contributed by atoms with E-state index in [9.17, 15) is 9.59 Å². The molecular weight excluding hydrogens is 268 g/mol. The van der Waals surface area contributed by atoms with Gasteiger partial charge in [0, 0.05) is 51.9 Å². The zero-order valence-electron chi connectivity index (χ0n) is 13.1. The van der Waals surface area contributed by atoms with Crippen LogP contribution in [0, 0.1) is 0 Å². The maximum atomic E-state index is 12.5. The van der Waals surface area contributed by atoms with E-state index in [1.165, 1.54) is 0 Å². The number of nitrogens with zero attached hydrogens (tertiary/aromatic N) is 3. The van der Waals surface area contributed by atoms with E-state index in [1.807, 2.05) is 0 Å². The number of hydrogen-bond acceptors (Lipinski definition) is 4. The molecule has 0 radical (unpaired) electrons. The van der Waals surface area contributed by atoms with Crippen molar-refractivity contribution in [1.82, 2.24) is 14.7 Å². The van der Waals surface area contributed by atoms with Crippen molar-refractivity contribution >= 4 is 11.8 Å². The minimum atomic E-state index is -0.317. The zero-order chi connectivity index (χ0) is 15.2. The molecule has 0 aromatic rings. The van der Waals surface area contributed by atoms with Gasteiger partial charge >= 0.3 is 11.8 Å². The van der Waals surface area contributed by atoms with Crippen LogP contribution in [-0.2, 0) is 9.59 Å². The highest BCUT2D eigenvalue weighted by Crippen LogP contribution is 2.20. The summed E-state index contributed by atoms with van der Waals surface area (Å²) in [4.78, 5) is 30.6. The van der Waals surface area contributed by atoms with E-state index in [0.29, 0.717) is 19.6 Å². The summed E-state index contributed by atoms with van der Waals surface area (Å²) < 4.78 is 0. The lowest BCUT2D eigenvalue weighted by Crippen LogP contribution is -2.55. The first-order valence-corrected chi connectivity index (χ1v) is 8.19. The number of piperazine rings is 1. The first-order valence-electron chi connectivity index (χ1n) is 8.19. The van der Waals surface area contributed by atoms with Gasteiger partial charge in [0.15, 0.2) is 0 Å². The van der Waals surface area contributed by atoms with Crippen LogP contribution in [0.4, 0.5) is 0 Å². The van der Waals surface area contributed by atoms with Gasteiger partial charge in [0.2, 0.25) is 0 Å². The molecule has 0 saturated carbocycles. The van der Waals surface area contributed by atoms with Crippen LogP contribution in [0.5, 0.6) is 0 Å². The number of amides is 2. The summed E-state index contributed by atoms with van der Waals surface area (Å²) in [6, 6.07) is 0.244. The van der Waals surface area contributed by atoms with Crippen molar-refractivity contribution in [2.45, 2.75) is 38.6 Å². The normalized spacial score (nSPS) is 24.2. The average Bonchev–Trinajstić information content (AvgIpc) is 2.54. The summed E-state index contributed by atoms with van der Waals surface area (Å²) >= 11 is 0. The number of nitrogens with two attached hydrogens (primary N) is 1. The van der Waals surface area contributed by atoms with E-state index in [0.717, 1.165) is 51.9 Å². The molecule has 2 aliphatic heterocycles. The smallest absolute Gasteiger partial charge is 0.312 e. The minimum absolute atomic E-state index is 0.244. The number of carbonyl (C=O) groups is 2. The van der Waals surface area contributed by atoms with Crippen molar-refractivity contribution in [3.8, 4) is 0 Å². The Morgan fingerprint density at radius 1 is 1.05 bits per heavy atom. The van der Waals surface area contributed by atoms with Gasteiger partial charge in [-0.15, -0.1) is 0 Å². The predicted octanol–water partition coefficient (Wildman–Crippen LogP) is -0.120. The van der Waals surface area contributed by atoms with Gasteiger partial charge in [-0.05, 0) is 25.7 Å². The van der Waals surface area contributed by atoms with E-state index in [-0.39, 0.29) is 17.9 Å². The van der Waals surface area contributed by atoms with Crippen LogP contribution >= 0.6 is 0 Å². The van der Waals surface area contributed by atoms with Crippen LogP contribution in [0.1, 0.15) is 32.6 Å². The minimum Gasteiger partial charge on any atom is -0.332 e. The number of rotatable bonds is 3. The standard InChI is InChI=1S/C15H28N4O2/c1-2-13-5-3-4-7-19(13)15(21)14(20)18-11-9-17(8-6-16)10-12-18/h13H,2-12,16H2,1H3. The molecule has 0 spiro atoms. The molecule has 2 amide bonds. The summed E-state index contributed by atoms with van der Waals surface area (Å²) in [7, 11) is 0. The van der Waals surface area contributed by atoms with Gasteiger partial charge in [0.1, 0.15) is 0 Å². The Kier molecular flexibility index (Phi) is 5.99. The summed E-state index contributed by atoms with van der Waals surface area (Å²) in [5.74, 6) is -0.614. The Labute approximate surface area is 127 Å². The molecule has 1 unspecified atom stereocenters. The van der Waals surface area contributed by atoms with Gasteiger partial charge in [0.05, 0.1) is 0 Å². The Bertz CT molecular complexity index is 367. The van der Waals surface area contributed by atoms with Crippen molar-refractivity contribution in [2.24, 2.45) is 5.73 Å². The van der Waals surface area contributed by atoms with Gasteiger partial charge in [0.25, 0.3) is 0 Å². The molecule has 2 aliphatic rings. The maximum Gasteiger partial charge on any atom is 0.312 e. The third-order valence-electron chi connectivity index (χ3n) is 4.65. The Morgan fingerprint density at radius 2 is 1.76 bits per heavy atom. The van der Waals surface area contributed by atoms with Crippen LogP contribution in [-0.4, -0.2) is 78.4 Å². The van der Waals surface area contributed by atoms with Crippen molar-refractivity contribution in [3.63, 3.8) is 0 Å².